The van der Waals surface area contributed by atoms with E-state index in [1.807, 2.05) is 36.4 Å². The molecule has 0 aliphatic rings. The smallest absolute Gasteiger partial charge is 0.225 e. The molecule has 0 bridgehead atoms. The molecule has 0 aliphatic heterocycles. The van der Waals surface area contributed by atoms with Gasteiger partial charge >= 0.3 is 0 Å². The second-order valence-corrected chi connectivity index (χ2v) is 5.92. The molecule has 0 saturated carbocycles. The van der Waals surface area contributed by atoms with E-state index in [9.17, 15) is 4.39 Å². The van der Waals surface area contributed by atoms with E-state index in [1.54, 1.807) is 12.1 Å². The van der Waals surface area contributed by atoms with E-state index in [0.717, 1.165) is 17.7 Å². The summed E-state index contributed by atoms with van der Waals surface area (Å²) in [4.78, 5) is 9.13. The molecular formula is C20H21FN4. The average Bonchev–Trinajstić information content (AvgIpc) is 2.62. The van der Waals surface area contributed by atoms with Crippen molar-refractivity contribution in [3.05, 3.63) is 66.5 Å². The Hall–Kier alpha value is -2.95. The average molecular weight is 336 g/mol. The summed E-state index contributed by atoms with van der Waals surface area (Å²) < 4.78 is 13.4. The number of aromatic nitrogens is 2. The highest BCUT2D eigenvalue weighted by Crippen LogP contribution is 2.24. The molecule has 128 valence electrons. The maximum atomic E-state index is 13.4. The van der Waals surface area contributed by atoms with Crippen molar-refractivity contribution >= 4 is 17.5 Å². The van der Waals surface area contributed by atoms with Gasteiger partial charge in [0.05, 0.1) is 5.69 Å². The van der Waals surface area contributed by atoms with Crippen LogP contribution in [0.3, 0.4) is 0 Å². The van der Waals surface area contributed by atoms with Crippen LogP contribution >= 0.6 is 0 Å². The van der Waals surface area contributed by atoms with Crippen LogP contribution in [0.5, 0.6) is 0 Å². The molecule has 1 aromatic heterocycles. The van der Waals surface area contributed by atoms with Crippen LogP contribution in [0.25, 0.3) is 11.3 Å². The highest BCUT2D eigenvalue weighted by atomic mass is 19.1. The van der Waals surface area contributed by atoms with Gasteiger partial charge in [-0.2, -0.15) is 4.98 Å². The maximum Gasteiger partial charge on any atom is 0.225 e. The van der Waals surface area contributed by atoms with Gasteiger partial charge in [-0.15, -0.1) is 0 Å². The monoisotopic (exact) mass is 336 g/mol. The Morgan fingerprint density at radius 2 is 1.80 bits per heavy atom. The van der Waals surface area contributed by atoms with Crippen molar-refractivity contribution in [2.75, 3.05) is 10.6 Å². The van der Waals surface area contributed by atoms with E-state index in [2.05, 4.69) is 34.4 Å². The zero-order valence-corrected chi connectivity index (χ0v) is 14.3. The predicted molar refractivity (Wildman–Crippen MR) is 101 cm³/mol. The van der Waals surface area contributed by atoms with Crippen LogP contribution in [0.4, 0.5) is 21.8 Å². The Morgan fingerprint density at radius 3 is 2.52 bits per heavy atom. The first-order chi connectivity index (χ1) is 12.1. The SMILES string of the molecule is CC[C@@H](C)Nc1nc(Nc2cccc(F)c2)cc(-c2ccccc2)n1. The van der Waals surface area contributed by atoms with E-state index in [4.69, 9.17) is 0 Å². The fourth-order valence-corrected chi connectivity index (χ4v) is 2.37. The zero-order valence-electron chi connectivity index (χ0n) is 14.3. The Balaban J connectivity index is 1.97. The number of benzene rings is 2. The highest BCUT2D eigenvalue weighted by Gasteiger charge is 2.09. The van der Waals surface area contributed by atoms with E-state index < -0.39 is 0 Å². The molecule has 0 saturated heterocycles. The first-order valence-electron chi connectivity index (χ1n) is 8.37. The first kappa shape index (κ1) is 16.9. The van der Waals surface area contributed by atoms with Gasteiger partial charge in [0.15, 0.2) is 0 Å². The molecule has 4 nitrogen and oxygen atoms in total. The third kappa shape index (κ3) is 4.53. The highest BCUT2D eigenvalue weighted by molar-refractivity contribution is 5.67. The summed E-state index contributed by atoms with van der Waals surface area (Å²) in [7, 11) is 0. The summed E-state index contributed by atoms with van der Waals surface area (Å²) >= 11 is 0. The number of nitrogens with zero attached hydrogens (tertiary/aromatic N) is 2. The van der Waals surface area contributed by atoms with Gasteiger partial charge in [-0.1, -0.05) is 43.3 Å². The van der Waals surface area contributed by atoms with E-state index >= 15 is 0 Å². The molecular weight excluding hydrogens is 315 g/mol. The third-order valence-electron chi connectivity index (χ3n) is 3.88. The second kappa shape index (κ2) is 7.75. The standard InChI is InChI=1S/C20H21FN4/c1-3-14(2)22-20-24-18(15-8-5-4-6-9-15)13-19(25-20)23-17-11-7-10-16(21)12-17/h4-14H,3H2,1-2H3,(H2,22,23,24,25)/t14-/m1/s1. The van der Waals surface area contributed by atoms with Crippen molar-refractivity contribution in [3.63, 3.8) is 0 Å². The Bertz CT molecular complexity index is 836. The minimum Gasteiger partial charge on any atom is -0.352 e. The summed E-state index contributed by atoms with van der Waals surface area (Å²) in [6.07, 6.45) is 0.964. The van der Waals surface area contributed by atoms with Crippen LogP contribution in [0.15, 0.2) is 60.7 Å². The van der Waals surface area contributed by atoms with E-state index in [1.165, 1.54) is 12.1 Å². The Labute approximate surface area is 147 Å². The van der Waals surface area contributed by atoms with Crippen molar-refractivity contribution in [1.82, 2.24) is 9.97 Å². The molecule has 1 atom stereocenters. The summed E-state index contributed by atoms with van der Waals surface area (Å²) in [5.41, 5.74) is 2.45. The van der Waals surface area contributed by atoms with Crippen LogP contribution in [0.1, 0.15) is 20.3 Å². The molecule has 0 spiro atoms. The predicted octanol–water partition coefficient (Wildman–Crippen LogP) is 5.24. The fraction of sp³-hybridized carbons (Fsp3) is 0.200. The van der Waals surface area contributed by atoms with Crippen LogP contribution in [0, 0.1) is 5.82 Å². The number of rotatable bonds is 6. The Kier molecular flexibility index (Phi) is 5.23. The molecule has 0 fully saturated rings. The van der Waals surface area contributed by atoms with Gasteiger partial charge in [0.1, 0.15) is 11.6 Å². The molecule has 3 aromatic rings. The molecule has 5 heteroatoms. The second-order valence-electron chi connectivity index (χ2n) is 5.92. The van der Waals surface area contributed by atoms with Gasteiger partial charge < -0.3 is 10.6 Å². The van der Waals surface area contributed by atoms with Crippen LogP contribution < -0.4 is 10.6 Å². The molecule has 25 heavy (non-hydrogen) atoms. The van der Waals surface area contributed by atoms with Gasteiger partial charge in [-0.25, -0.2) is 9.37 Å². The molecule has 1 heterocycles. The number of hydrogen-bond acceptors (Lipinski definition) is 4. The largest absolute Gasteiger partial charge is 0.352 e. The van der Waals surface area contributed by atoms with Crippen molar-refractivity contribution in [1.29, 1.82) is 0 Å². The molecule has 0 radical (unpaired) electrons. The van der Waals surface area contributed by atoms with Gasteiger partial charge in [0.25, 0.3) is 0 Å². The van der Waals surface area contributed by atoms with Crippen molar-refractivity contribution in [2.45, 2.75) is 26.3 Å². The van der Waals surface area contributed by atoms with E-state index in [0.29, 0.717) is 17.5 Å². The van der Waals surface area contributed by atoms with Crippen molar-refractivity contribution < 1.29 is 4.39 Å². The lowest BCUT2D eigenvalue weighted by atomic mass is 10.1. The van der Waals surface area contributed by atoms with Gasteiger partial charge in [-0.3, -0.25) is 0 Å². The third-order valence-corrected chi connectivity index (χ3v) is 3.88. The lowest BCUT2D eigenvalue weighted by Crippen LogP contribution is -2.16. The van der Waals surface area contributed by atoms with Crippen LogP contribution in [0.2, 0.25) is 0 Å². The molecule has 2 aromatic carbocycles. The lowest BCUT2D eigenvalue weighted by Gasteiger charge is -2.14. The quantitative estimate of drug-likeness (QED) is 0.646. The normalized spacial score (nSPS) is 11.8. The van der Waals surface area contributed by atoms with Crippen molar-refractivity contribution in [2.24, 2.45) is 0 Å². The summed E-state index contributed by atoms with van der Waals surface area (Å²) in [5, 5.41) is 6.46. The minimum absolute atomic E-state index is 0.257. The Morgan fingerprint density at radius 1 is 1.00 bits per heavy atom. The molecule has 0 amide bonds. The zero-order chi connectivity index (χ0) is 17.6. The minimum atomic E-state index is -0.291. The first-order valence-corrected chi connectivity index (χ1v) is 8.37. The molecule has 2 N–H and O–H groups in total. The van der Waals surface area contributed by atoms with Crippen LogP contribution in [-0.4, -0.2) is 16.0 Å². The fourth-order valence-electron chi connectivity index (χ4n) is 2.37. The maximum absolute atomic E-state index is 13.4. The molecule has 3 rings (SSSR count). The van der Waals surface area contributed by atoms with Crippen LogP contribution in [-0.2, 0) is 0 Å². The van der Waals surface area contributed by atoms with E-state index in [-0.39, 0.29) is 11.9 Å². The topological polar surface area (TPSA) is 49.8 Å². The van der Waals surface area contributed by atoms with Gasteiger partial charge in [-0.05, 0) is 31.5 Å². The van der Waals surface area contributed by atoms with Crippen molar-refractivity contribution in [3.8, 4) is 11.3 Å². The molecule has 0 unspecified atom stereocenters. The summed E-state index contributed by atoms with van der Waals surface area (Å²) in [6.45, 7) is 4.18. The number of hydrogen-bond donors (Lipinski definition) is 2. The lowest BCUT2D eigenvalue weighted by molar-refractivity contribution is 0.628. The summed E-state index contributed by atoms with van der Waals surface area (Å²) in [6, 6.07) is 18.3. The molecule has 0 aliphatic carbocycles. The number of halogens is 1. The van der Waals surface area contributed by atoms with Gasteiger partial charge in [0, 0.05) is 23.4 Å². The number of anilines is 3. The van der Waals surface area contributed by atoms with Gasteiger partial charge in [0.2, 0.25) is 5.95 Å². The number of nitrogens with one attached hydrogen (secondary N) is 2. The summed E-state index contributed by atoms with van der Waals surface area (Å²) in [5.74, 6) is 0.875.